The molecule has 3 atom stereocenters. The molecule has 0 saturated carbocycles. The van der Waals surface area contributed by atoms with Gasteiger partial charge in [-0.1, -0.05) is 6.58 Å². The second-order valence-electron chi connectivity index (χ2n) is 7.60. The van der Waals surface area contributed by atoms with Crippen LogP contribution in [0.15, 0.2) is 60.2 Å². The number of hydrazone groups is 1. The minimum atomic E-state index is -0.878. The van der Waals surface area contributed by atoms with E-state index in [9.17, 15) is 8.78 Å². The van der Waals surface area contributed by atoms with Crippen LogP contribution in [0.4, 0.5) is 14.5 Å². The highest BCUT2D eigenvalue weighted by atomic mass is 19.1. The molecule has 3 aliphatic heterocycles. The third-order valence-corrected chi connectivity index (χ3v) is 6.02. The summed E-state index contributed by atoms with van der Waals surface area (Å²) in [7, 11) is 1.92. The zero-order chi connectivity index (χ0) is 20.6. The summed E-state index contributed by atoms with van der Waals surface area (Å²) in [5, 5.41) is 6.40. The monoisotopic (exact) mass is 404 g/mol. The van der Waals surface area contributed by atoms with E-state index in [0.29, 0.717) is 11.4 Å². The molecule has 0 bridgehead atoms. The summed E-state index contributed by atoms with van der Waals surface area (Å²) in [5.74, 6) is -1.76. The Morgan fingerprint density at radius 3 is 2.93 bits per heavy atom. The number of fused-ring (bicyclic) bond motifs is 10. The Balaban J connectivity index is 1.74. The van der Waals surface area contributed by atoms with Crippen LogP contribution >= 0.6 is 0 Å². The molecule has 0 aliphatic carbocycles. The van der Waals surface area contributed by atoms with Gasteiger partial charge in [0.25, 0.3) is 0 Å². The summed E-state index contributed by atoms with van der Waals surface area (Å²) >= 11 is 0. The van der Waals surface area contributed by atoms with Gasteiger partial charge >= 0.3 is 5.82 Å². The van der Waals surface area contributed by atoms with Crippen molar-refractivity contribution in [2.24, 2.45) is 5.10 Å². The second-order valence-corrected chi connectivity index (χ2v) is 7.60. The van der Waals surface area contributed by atoms with Crippen molar-refractivity contribution >= 4 is 12.0 Å². The lowest BCUT2D eigenvalue weighted by Gasteiger charge is -2.34. The Hall–Kier alpha value is -3.75. The molecule has 0 saturated heterocycles. The highest BCUT2D eigenvalue weighted by Gasteiger charge is 2.50. The van der Waals surface area contributed by atoms with Crippen molar-refractivity contribution in [3.05, 3.63) is 78.2 Å². The summed E-state index contributed by atoms with van der Waals surface area (Å²) in [6.07, 6.45) is 8.32. The molecule has 0 amide bonds. The highest BCUT2D eigenvalue weighted by Crippen LogP contribution is 2.51. The first-order valence-electron chi connectivity index (χ1n) is 9.46. The lowest BCUT2D eigenvalue weighted by molar-refractivity contribution is -0.710. The maximum absolute atomic E-state index is 15.0. The fraction of sp³-hybridized carbons (Fsp3) is 0.190. The number of anilines is 1. The first-order valence-corrected chi connectivity index (χ1v) is 9.46. The second kappa shape index (κ2) is 5.88. The van der Waals surface area contributed by atoms with Crippen molar-refractivity contribution in [3.8, 4) is 11.4 Å². The fourth-order valence-electron chi connectivity index (χ4n) is 4.88. The third-order valence-electron chi connectivity index (χ3n) is 6.02. The number of nitrogens with zero attached hydrogens (tertiary/aromatic N) is 7. The quantitative estimate of drug-likeness (QED) is 0.327. The van der Waals surface area contributed by atoms with E-state index in [1.54, 1.807) is 31.0 Å². The van der Waals surface area contributed by atoms with Gasteiger partial charge in [-0.05, 0) is 28.2 Å². The van der Waals surface area contributed by atoms with E-state index in [0.717, 1.165) is 16.8 Å². The van der Waals surface area contributed by atoms with E-state index in [-0.39, 0.29) is 17.8 Å². The Bertz CT molecular complexity index is 1260. The number of hydrogen-bond donors (Lipinski definition) is 0. The van der Waals surface area contributed by atoms with E-state index in [1.807, 2.05) is 33.8 Å². The summed E-state index contributed by atoms with van der Waals surface area (Å²) in [5.41, 5.74) is 3.16. The molecule has 0 spiro atoms. The first-order chi connectivity index (χ1) is 14.6. The van der Waals surface area contributed by atoms with Crippen molar-refractivity contribution < 1.29 is 13.3 Å². The Morgan fingerprint density at radius 1 is 1.20 bits per heavy atom. The smallest absolute Gasteiger partial charge is 0.335 e. The summed E-state index contributed by atoms with van der Waals surface area (Å²) in [4.78, 5) is 14.1. The topological polar surface area (TPSA) is 61.4 Å². The van der Waals surface area contributed by atoms with Gasteiger partial charge in [-0.2, -0.15) is 18.9 Å². The van der Waals surface area contributed by atoms with Crippen LogP contribution < -0.4 is 9.58 Å². The van der Waals surface area contributed by atoms with E-state index in [4.69, 9.17) is 0 Å². The predicted octanol–water partition coefficient (Wildman–Crippen LogP) is 2.38. The van der Waals surface area contributed by atoms with Gasteiger partial charge in [0, 0.05) is 24.9 Å². The lowest BCUT2D eigenvalue weighted by Crippen LogP contribution is -2.52. The van der Waals surface area contributed by atoms with Crippen molar-refractivity contribution in [3.63, 3.8) is 0 Å². The number of rotatable bonds is 0. The zero-order valence-corrected chi connectivity index (χ0v) is 15.9. The largest absolute Gasteiger partial charge is 0.339 e. The van der Waals surface area contributed by atoms with E-state index >= 15 is 0 Å². The molecule has 0 radical (unpaired) electrons. The van der Waals surface area contributed by atoms with E-state index in [1.165, 1.54) is 6.07 Å². The molecule has 9 heteroatoms. The van der Waals surface area contributed by atoms with Gasteiger partial charge in [-0.3, -0.25) is 4.98 Å². The lowest BCUT2D eigenvalue weighted by atomic mass is 9.77. The predicted molar refractivity (Wildman–Crippen MR) is 104 cm³/mol. The van der Waals surface area contributed by atoms with Gasteiger partial charge in [0.1, 0.15) is 30.3 Å². The standard InChI is InChI=1S/C21H16F2N7/c1-11-18-16(12-4-6-24-9-14(12)30-21(11)28(2)10-26-30)13-8-15(22)27-19(23)17(13)20-25-5-3-7-29(18)20/h3-10,16,18,21H,1H2,2H3/q+1. The van der Waals surface area contributed by atoms with Gasteiger partial charge in [0.2, 0.25) is 11.9 Å². The van der Waals surface area contributed by atoms with Gasteiger partial charge in [-0.25, -0.2) is 9.58 Å². The molecule has 0 aromatic carbocycles. The Labute approximate surface area is 170 Å². The van der Waals surface area contributed by atoms with Gasteiger partial charge in [-0.15, -0.1) is 0 Å². The van der Waals surface area contributed by atoms with Crippen LogP contribution in [-0.2, 0) is 0 Å². The zero-order valence-electron chi connectivity index (χ0n) is 15.9. The van der Waals surface area contributed by atoms with Crippen LogP contribution in [0.1, 0.15) is 23.1 Å². The molecule has 3 aromatic heterocycles. The molecule has 7 nitrogen and oxygen atoms in total. The van der Waals surface area contributed by atoms with E-state index < -0.39 is 17.8 Å². The van der Waals surface area contributed by atoms with Crippen LogP contribution in [0.3, 0.4) is 0 Å². The highest BCUT2D eigenvalue weighted by molar-refractivity contribution is 5.72. The fourth-order valence-corrected chi connectivity index (χ4v) is 4.88. The number of hydrogen-bond acceptors (Lipinski definition) is 6. The van der Waals surface area contributed by atoms with Crippen molar-refractivity contribution in [2.75, 3.05) is 12.1 Å². The van der Waals surface area contributed by atoms with Gasteiger partial charge < -0.3 is 4.90 Å². The summed E-state index contributed by atoms with van der Waals surface area (Å²) < 4.78 is 31.2. The molecule has 6 rings (SSSR count). The van der Waals surface area contributed by atoms with Crippen LogP contribution in [0, 0.1) is 11.9 Å². The minimum absolute atomic E-state index is 0.202. The summed E-state index contributed by atoms with van der Waals surface area (Å²) in [6, 6.07) is 4.63. The van der Waals surface area contributed by atoms with Crippen molar-refractivity contribution in [1.29, 1.82) is 0 Å². The SMILES string of the molecule is C=C1C2N(C)C=NN2c2cnccc2C2c3cc(F)nc(F)c3-c3nccc[n+]3C12. The third kappa shape index (κ3) is 2.09. The number of pyridine rings is 2. The van der Waals surface area contributed by atoms with Crippen molar-refractivity contribution in [1.82, 2.24) is 19.9 Å². The molecule has 30 heavy (non-hydrogen) atoms. The molecule has 3 aliphatic rings. The molecule has 0 fully saturated rings. The molecule has 148 valence electrons. The Morgan fingerprint density at radius 2 is 2.07 bits per heavy atom. The minimum Gasteiger partial charge on any atom is -0.339 e. The first kappa shape index (κ1) is 17.1. The molecular formula is C21H16F2N7+. The molecule has 0 N–H and O–H groups in total. The Kier molecular flexibility index (Phi) is 3.36. The van der Waals surface area contributed by atoms with Crippen LogP contribution in [0.2, 0.25) is 0 Å². The van der Waals surface area contributed by atoms with Crippen LogP contribution in [0.25, 0.3) is 11.4 Å². The maximum atomic E-state index is 15.0. The van der Waals surface area contributed by atoms with Gasteiger partial charge in [0.15, 0.2) is 0 Å². The number of halogens is 2. The van der Waals surface area contributed by atoms with E-state index in [2.05, 4.69) is 26.6 Å². The molecule has 3 aromatic rings. The normalized spacial score (nSPS) is 23.3. The molecule has 3 unspecified atom stereocenters. The van der Waals surface area contributed by atoms with Crippen LogP contribution in [-0.4, -0.2) is 39.4 Å². The van der Waals surface area contributed by atoms with Crippen LogP contribution in [0.5, 0.6) is 0 Å². The van der Waals surface area contributed by atoms with Crippen molar-refractivity contribution in [2.45, 2.75) is 18.1 Å². The maximum Gasteiger partial charge on any atom is 0.335 e. The number of likely N-dealkylation sites (N-methyl/N-ethyl adjacent to an activating group) is 1. The molecular weight excluding hydrogens is 388 g/mol. The number of aromatic nitrogens is 4. The summed E-state index contributed by atoms with van der Waals surface area (Å²) in [6.45, 7) is 4.42. The average molecular weight is 404 g/mol. The average Bonchev–Trinajstić information content (AvgIpc) is 3.08. The molecule has 6 heterocycles. The van der Waals surface area contributed by atoms with Gasteiger partial charge in [0.05, 0.1) is 24.0 Å².